The van der Waals surface area contributed by atoms with Crippen LogP contribution in [0.5, 0.6) is 0 Å². The van der Waals surface area contributed by atoms with Crippen molar-refractivity contribution < 1.29 is 0 Å². The molecule has 3 nitrogen and oxygen atoms in total. The third kappa shape index (κ3) is 6.91. The molecule has 2 aromatic heterocycles. The molecule has 60 heavy (non-hydrogen) atoms. The van der Waals surface area contributed by atoms with Crippen LogP contribution in [0.1, 0.15) is 17.7 Å². The first-order valence-corrected chi connectivity index (χ1v) is 20.7. The Hall–Kier alpha value is -7.62. The lowest BCUT2D eigenvalue weighted by molar-refractivity contribution is 0.890. The van der Waals surface area contributed by atoms with E-state index in [0.717, 1.165) is 51.9 Å². The molecule has 0 radical (unpaired) electrons. The van der Waals surface area contributed by atoms with E-state index in [2.05, 4.69) is 200 Å². The zero-order valence-corrected chi connectivity index (χ0v) is 33.6. The van der Waals surface area contributed by atoms with Crippen molar-refractivity contribution in [2.45, 2.75) is 19.8 Å². The molecule has 0 spiro atoms. The van der Waals surface area contributed by atoms with E-state index in [-0.39, 0.29) is 0 Å². The van der Waals surface area contributed by atoms with Crippen molar-refractivity contribution in [1.82, 2.24) is 14.5 Å². The topological polar surface area (TPSA) is 30.7 Å². The molecule has 0 atom stereocenters. The van der Waals surface area contributed by atoms with Crippen molar-refractivity contribution in [3.8, 4) is 73.0 Å². The van der Waals surface area contributed by atoms with Gasteiger partial charge in [0, 0.05) is 33.5 Å². The van der Waals surface area contributed by atoms with Gasteiger partial charge in [-0.25, -0.2) is 9.97 Å². The van der Waals surface area contributed by atoms with E-state index < -0.39 is 0 Å². The van der Waals surface area contributed by atoms with Crippen LogP contribution in [0.15, 0.2) is 213 Å². The molecule has 10 aromatic rings. The van der Waals surface area contributed by atoms with Crippen LogP contribution < -0.4 is 0 Å². The summed E-state index contributed by atoms with van der Waals surface area (Å²) < 4.78 is 2.44. The van der Waals surface area contributed by atoms with Gasteiger partial charge in [0.15, 0.2) is 5.82 Å². The Labute approximate surface area is 351 Å². The van der Waals surface area contributed by atoms with E-state index in [9.17, 15) is 0 Å². The van der Waals surface area contributed by atoms with Gasteiger partial charge in [-0.15, -0.1) is 6.58 Å². The lowest BCUT2D eigenvalue weighted by Gasteiger charge is -2.15. The van der Waals surface area contributed by atoms with E-state index in [1.165, 1.54) is 61.1 Å². The highest BCUT2D eigenvalue weighted by Crippen LogP contribution is 2.39. The molecule has 0 N–H and O–H groups in total. The zero-order chi connectivity index (χ0) is 40.4. The van der Waals surface area contributed by atoms with Crippen molar-refractivity contribution in [3.05, 3.63) is 224 Å². The minimum absolute atomic E-state index is 0.701. The number of fused-ring (bicyclic) bond motifs is 2. The maximum Gasteiger partial charge on any atom is 0.160 e. The largest absolute Gasteiger partial charge is 0.313 e. The zero-order valence-electron chi connectivity index (χ0n) is 33.6. The molecular formula is C57H43N3. The van der Waals surface area contributed by atoms with Gasteiger partial charge in [-0.1, -0.05) is 170 Å². The van der Waals surface area contributed by atoms with Gasteiger partial charge in [-0.3, -0.25) is 0 Å². The Balaban J connectivity index is 1.08. The van der Waals surface area contributed by atoms with Crippen molar-refractivity contribution in [2.75, 3.05) is 0 Å². The number of aryl methyl sites for hydroxylation is 1. The van der Waals surface area contributed by atoms with E-state index in [0.29, 0.717) is 5.82 Å². The number of rotatable bonds is 10. The van der Waals surface area contributed by atoms with Crippen LogP contribution in [-0.2, 0) is 6.42 Å². The number of allylic oxidation sites excluding steroid dienone is 1. The van der Waals surface area contributed by atoms with Gasteiger partial charge in [0.2, 0.25) is 0 Å². The first-order chi connectivity index (χ1) is 29.6. The fourth-order valence-corrected chi connectivity index (χ4v) is 8.67. The van der Waals surface area contributed by atoms with Gasteiger partial charge in [-0.05, 0) is 106 Å². The fourth-order valence-electron chi connectivity index (χ4n) is 8.67. The molecule has 10 rings (SSSR count). The average molecular weight is 770 g/mol. The summed E-state index contributed by atoms with van der Waals surface area (Å²) >= 11 is 0. The Kier molecular flexibility index (Phi) is 9.77. The number of hydrogen-bond donors (Lipinski definition) is 0. The standard InChI is InChI=1S/C57H43N3/c1-3-4-30-55-39(2)48-32-31-44(37-56(48)60(55)47-26-12-7-13-27-47)43-23-16-24-45(35-43)49-33-34-52(51-29-15-14-28-50(49)51)54-38-53(58-57(59-54)41-20-10-6-11-21-41)46-25-17-22-42(36-46)40-18-8-5-9-19-40/h3,5-29,31-38H,1,4,30H2,2H3. The first-order valence-electron chi connectivity index (χ1n) is 20.7. The average Bonchev–Trinajstić information content (AvgIpc) is 3.61. The van der Waals surface area contributed by atoms with E-state index in [1.54, 1.807) is 0 Å². The van der Waals surface area contributed by atoms with Crippen LogP contribution in [-0.4, -0.2) is 14.5 Å². The summed E-state index contributed by atoms with van der Waals surface area (Å²) in [7, 11) is 0. The highest BCUT2D eigenvalue weighted by molar-refractivity contribution is 6.05. The minimum atomic E-state index is 0.701. The summed E-state index contributed by atoms with van der Waals surface area (Å²) in [6.07, 6.45) is 3.89. The molecule has 0 saturated carbocycles. The second-order valence-electron chi connectivity index (χ2n) is 15.4. The summed E-state index contributed by atoms with van der Waals surface area (Å²) in [6, 6.07) is 71.4. The Morgan fingerprint density at radius 1 is 0.450 bits per heavy atom. The number of hydrogen-bond acceptors (Lipinski definition) is 2. The predicted octanol–water partition coefficient (Wildman–Crippen LogP) is 15.0. The smallest absolute Gasteiger partial charge is 0.160 e. The van der Waals surface area contributed by atoms with Gasteiger partial charge in [0.05, 0.1) is 16.9 Å². The summed E-state index contributed by atoms with van der Waals surface area (Å²) in [6.45, 7) is 6.27. The molecule has 3 heteroatoms. The summed E-state index contributed by atoms with van der Waals surface area (Å²) in [5.74, 6) is 0.701. The molecular weight excluding hydrogens is 727 g/mol. The molecule has 0 amide bonds. The predicted molar refractivity (Wildman–Crippen MR) is 252 cm³/mol. The maximum absolute atomic E-state index is 5.25. The summed E-state index contributed by atoms with van der Waals surface area (Å²) in [5.41, 5.74) is 17.0. The van der Waals surface area contributed by atoms with Gasteiger partial charge in [0.25, 0.3) is 0 Å². The van der Waals surface area contributed by atoms with E-state index >= 15 is 0 Å². The maximum atomic E-state index is 5.25. The number of aromatic nitrogens is 3. The summed E-state index contributed by atoms with van der Waals surface area (Å²) in [5, 5.41) is 3.61. The van der Waals surface area contributed by atoms with Gasteiger partial charge < -0.3 is 4.57 Å². The van der Waals surface area contributed by atoms with Crippen molar-refractivity contribution in [3.63, 3.8) is 0 Å². The number of benzene rings is 8. The number of para-hydroxylation sites is 1. The van der Waals surface area contributed by atoms with Crippen LogP contribution in [0.25, 0.3) is 94.6 Å². The van der Waals surface area contributed by atoms with Crippen LogP contribution in [0, 0.1) is 6.92 Å². The van der Waals surface area contributed by atoms with Crippen LogP contribution in [0.4, 0.5) is 0 Å². The second-order valence-corrected chi connectivity index (χ2v) is 15.4. The van der Waals surface area contributed by atoms with Crippen LogP contribution >= 0.6 is 0 Å². The SMILES string of the molecule is C=CCCc1c(C)c2ccc(-c3cccc(-c4ccc(-c5cc(-c6cccc(-c7ccccc7)c6)nc(-c6ccccc6)n5)c5ccccc45)c3)cc2n1-c1ccccc1. The fraction of sp³-hybridized carbons (Fsp3) is 0.0526. The van der Waals surface area contributed by atoms with Crippen molar-refractivity contribution in [2.24, 2.45) is 0 Å². The second kappa shape index (κ2) is 16.0. The number of nitrogens with zero attached hydrogens (tertiary/aromatic N) is 3. The van der Waals surface area contributed by atoms with Gasteiger partial charge >= 0.3 is 0 Å². The van der Waals surface area contributed by atoms with Crippen molar-refractivity contribution in [1.29, 1.82) is 0 Å². The quantitative estimate of drug-likeness (QED) is 0.130. The first kappa shape index (κ1) is 36.7. The van der Waals surface area contributed by atoms with Crippen LogP contribution in [0.2, 0.25) is 0 Å². The highest BCUT2D eigenvalue weighted by atomic mass is 15.0. The third-order valence-electron chi connectivity index (χ3n) is 11.7. The molecule has 286 valence electrons. The monoisotopic (exact) mass is 769 g/mol. The van der Waals surface area contributed by atoms with E-state index in [1.807, 2.05) is 24.3 Å². The Morgan fingerprint density at radius 2 is 1.00 bits per heavy atom. The highest BCUT2D eigenvalue weighted by Gasteiger charge is 2.18. The Morgan fingerprint density at radius 3 is 1.73 bits per heavy atom. The molecule has 0 aliphatic heterocycles. The lowest BCUT2D eigenvalue weighted by Crippen LogP contribution is -2.01. The molecule has 2 heterocycles. The van der Waals surface area contributed by atoms with Gasteiger partial charge in [0.1, 0.15) is 0 Å². The molecule has 0 fully saturated rings. The lowest BCUT2D eigenvalue weighted by atomic mass is 9.91. The van der Waals surface area contributed by atoms with Crippen LogP contribution in [0.3, 0.4) is 0 Å². The molecule has 0 unspecified atom stereocenters. The minimum Gasteiger partial charge on any atom is -0.313 e. The van der Waals surface area contributed by atoms with E-state index in [4.69, 9.17) is 9.97 Å². The molecule has 8 aromatic carbocycles. The van der Waals surface area contributed by atoms with Gasteiger partial charge in [-0.2, -0.15) is 0 Å². The molecule has 0 aliphatic carbocycles. The van der Waals surface area contributed by atoms with Crippen molar-refractivity contribution >= 4 is 21.7 Å². The normalized spacial score (nSPS) is 11.3. The molecule has 0 aliphatic rings. The molecule has 0 saturated heterocycles. The Bertz CT molecular complexity index is 3160. The third-order valence-corrected chi connectivity index (χ3v) is 11.7. The molecule has 0 bridgehead atoms. The summed E-state index contributed by atoms with van der Waals surface area (Å²) in [4.78, 5) is 10.4.